The number of hydrogen-bond donors (Lipinski definition) is 1. The Labute approximate surface area is 97.5 Å². The fourth-order valence-corrected chi connectivity index (χ4v) is 1.96. The summed E-state index contributed by atoms with van der Waals surface area (Å²) >= 11 is 0. The smallest absolute Gasteiger partial charge is 0.0728 e. The molecule has 16 heavy (non-hydrogen) atoms. The predicted molar refractivity (Wildman–Crippen MR) is 66.1 cm³/mol. The van der Waals surface area contributed by atoms with Crippen molar-refractivity contribution in [1.82, 2.24) is 15.0 Å². The van der Waals surface area contributed by atoms with Crippen LogP contribution in [0.1, 0.15) is 44.7 Å². The molecular weight excluding hydrogens is 200 g/mol. The van der Waals surface area contributed by atoms with E-state index in [1.165, 1.54) is 0 Å². The molecule has 0 aromatic carbocycles. The quantitative estimate of drug-likeness (QED) is 0.567. The zero-order chi connectivity index (χ0) is 12.0. The molecule has 1 aromatic heterocycles. The average Bonchev–Trinajstić information content (AvgIpc) is 2.68. The summed E-state index contributed by atoms with van der Waals surface area (Å²) in [5.41, 5.74) is 7.13. The van der Waals surface area contributed by atoms with Crippen LogP contribution < -0.4 is 5.73 Å². The van der Waals surface area contributed by atoms with Gasteiger partial charge < -0.3 is 5.73 Å². The summed E-state index contributed by atoms with van der Waals surface area (Å²) in [6.45, 7) is 8.79. The summed E-state index contributed by atoms with van der Waals surface area (Å²) in [5, 5.41) is 8.10. The van der Waals surface area contributed by atoms with E-state index in [4.69, 9.17) is 5.73 Å². The third-order valence-corrected chi connectivity index (χ3v) is 2.88. The monoisotopic (exact) mass is 222 g/mol. The summed E-state index contributed by atoms with van der Waals surface area (Å²) in [6, 6.07) is 0.140. The van der Waals surface area contributed by atoms with E-state index in [0.29, 0.717) is 5.92 Å². The molecule has 0 aliphatic carbocycles. The van der Waals surface area contributed by atoms with Crippen molar-refractivity contribution in [3.8, 4) is 0 Å². The first-order chi connectivity index (χ1) is 7.70. The summed E-state index contributed by atoms with van der Waals surface area (Å²) < 4.78 is 1.97. The molecule has 0 fully saturated rings. The lowest BCUT2D eigenvalue weighted by Crippen LogP contribution is -2.26. The maximum absolute atomic E-state index is 5.98. The SMILES string of the molecule is C=CCCCn1nncc1C(CC)C(C)N. The van der Waals surface area contributed by atoms with Gasteiger partial charge in [-0.05, 0) is 26.2 Å². The molecule has 0 aliphatic heterocycles. The van der Waals surface area contributed by atoms with Gasteiger partial charge in [0.05, 0.1) is 11.9 Å². The van der Waals surface area contributed by atoms with Gasteiger partial charge in [0.1, 0.15) is 0 Å². The largest absolute Gasteiger partial charge is 0.327 e. The lowest BCUT2D eigenvalue weighted by atomic mass is 9.95. The van der Waals surface area contributed by atoms with Gasteiger partial charge >= 0.3 is 0 Å². The Morgan fingerprint density at radius 3 is 2.94 bits per heavy atom. The molecule has 2 N–H and O–H groups in total. The highest BCUT2D eigenvalue weighted by Gasteiger charge is 2.18. The van der Waals surface area contributed by atoms with Crippen LogP contribution in [-0.4, -0.2) is 21.0 Å². The van der Waals surface area contributed by atoms with Crippen molar-refractivity contribution in [2.75, 3.05) is 0 Å². The molecule has 2 atom stereocenters. The van der Waals surface area contributed by atoms with Crippen LogP contribution >= 0.6 is 0 Å². The minimum atomic E-state index is 0.140. The Kier molecular flexibility index (Phi) is 5.19. The molecule has 0 aliphatic rings. The average molecular weight is 222 g/mol. The van der Waals surface area contributed by atoms with Crippen LogP contribution in [0.2, 0.25) is 0 Å². The van der Waals surface area contributed by atoms with E-state index >= 15 is 0 Å². The molecule has 0 spiro atoms. The maximum atomic E-state index is 5.98. The molecule has 0 saturated carbocycles. The van der Waals surface area contributed by atoms with Crippen LogP contribution in [0.5, 0.6) is 0 Å². The number of aromatic nitrogens is 3. The number of hydrogen-bond acceptors (Lipinski definition) is 3. The van der Waals surface area contributed by atoms with E-state index in [1.807, 2.05) is 23.9 Å². The zero-order valence-corrected chi connectivity index (χ0v) is 10.3. The molecule has 0 saturated heterocycles. The highest BCUT2D eigenvalue weighted by atomic mass is 15.4. The standard InChI is InChI=1S/C12H22N4/c1-4-6-7-8-16-12(9-14-15-16)11(5-2)10(3)13/h4,9-11H,1,5-8,13H2,2-3H3. The Bertz CT molecular complexity index is 317. The minimum absolute atomic E-state index is 0.140. The second-order valence-electron chi connectivity index (χ2n) is 4.19. The van der Waals surface area contributed by atoms with E-state index in [0.717, 1.165) is 31.5 Å². The number of rotatable bonds is 7. The van der Waals surface area contributed by atoms with E-state index in [-0.39, 0.29) is 6.04 Å². The van der Waals surface area contributed by atoms with E-state index in [1.54, 1.807) is 0 Å². The Hall–Kier alpha value is -1.16. The molecule has 0 amide bonds. The van der Waals surface area contributed by atoms with Gasteiger partial charge in [-0.25, -0.2) is 4.68 Å². The van der Waals surface area contributed by atoms with Crippen LogP contribution in [0.25, 0.3) is 0 Å². The molecule has 4 nitrogen and oxygen atoms in total. The topological polar surface area (TPSA) is 56.7 Å². The van der Waals surface area contributed by atoms with Crippen molar-refractivity contribution < 1.29 is 0 Å². The van der Waals surface area contributed by atoms with Crippen molar-refractivity contribution in [3.63, 3.8) is 0 Å². The molecule has 4 heteroatoms. The van der Waals surface area contributed by atoms with Gasteiger partial charge in [0.2, 0.25) is 0 Å². The predicted octanol–water partition coefficient (Wildman–Crippen LogP) is 2.09. The van der Waals surface area contributed by atoms with Gasteiger partial charge in [0, 0.05) is 18.5 Å². The second-order valence-corrected chi connectivity index (χ2v) is 4.19. The van der Waals surface area contributed by atoms with Crippen LogP contribution in [0, 0.1) is 0 Å². The second kappa shape index (κ2) is 6.43. The van der Waals surface area contributed by atoms with Crippen LogP contribution in [0.3, 0.4) is 0 Å². The third kappa shape index (κ3) is 3.17. The van der Waals surface area contributed by atoms with E-state index in [9.17, 15) is 0 Å². The van der Waals surface area contributed by atoms with Crippen LogP contribution in [0.15, 0.2) is 18.9 Å². The van der Waals surface area contributed by atoms with Gasteiger partial charge in [-0.15, -0.1) is 11.7 Å². The highest BCUT2D eigenvalue weighted by Crippen LogP contribution is 2.21. The van der Waals surface area contributed by atoms with Crippen molar-refractivity contribution in [2.45, 2.75) is 51.6 Å². The lowest BCUT2D eigenvalue weighted by Gasteiger charge is -2.19. The number of aryl methyl sites for hydroxylation is 1. The molecule has 0 radical (unpaired) electrons. The molecule has 1 aromatic rings. The first-order valence-corrected chi connectivity index (χ1v) is 5.95. The number of unbranched alkanes of at least 4 members (excludes halogenated alkanes) is 1. The number of nitrogens with two attached hydrogens (primary N) is 1. The minimum Gasteiger partial charge on any atom is -0.327 e. The van der Waals surface area contributed by atoms with E-state index < -0.39 is 0 Å². The summed E-state index contributed by atoms with van der Waals surface area (Å²) in [5.74, 6) is 0.346. The fraction of sp³-hybridized carbons (Fsp3) is 0.667. The van der Waals surface area contributed by atoms with Gasteiger partial charge in [0.25, 0.3) is 0 Å². The number of nitrogens with zero attached hydrogens (tertiary/aromatic N) is 3. The first-order valence-electron chi connectivity index (χ1n) is 5.95. The van der Waals surface area contributed by atoms with Gasteiger partial charge in [-0.1, -0.05) is 18.2 Å². The van der Waals surface area contributed by atoms with Crippen molar-refractivity contribution >= 4 is 0 Å². The molecule has 1 rings (SSSR count). The summed E-state index contributed by atoms with van der Waals surface area (Å²) in [4.78, 5) is 0. The van der Waals surface area contributed by atoms with Gasteiger partial charge in [-0.3, -0.25) is 0 Å². The Morgan fingerprint density at radius 1 is 1.62 bits per heavy atom. The molecule has 2 unspecified atom stereocenters. The molecule has 90 valence electrons. The zero-order valence-electron chi connectivity index (χ0n) is 10.3. The lowest BCUT2D eigenvalue weighted by molar-refractivity contribution is 0.472. The van der Waals surface area contributed by atoms with Gasteiger partial charge in [0.15, 0.2) is 0 Å². The Morgan fingerprint density at radius 2 is 2.38 bits per heavy atom. The van der Waals surface area contributed by atoms with Crippen LogP contribution in [-0.2, 0) is 6.54 Å². The molecule has 0 bridgehead atoms. The highest BCUT2D eigenvalue weighted by molar-refractivity contribution is 5.06. The van der Waals surface area contributed by atoms with Gasteiger partial charge in [-0.2, -0.15) is 0 Å². The van der Waals surface area contributed by atoms with Crippen LogP contribution in [0.4, 0.5) is 0 Å². The maximum Gasteiger partial charge on any atom is 0.0728 e. The van der Waals surface area contributed by atoms with Crippen molar-refractivity contribution in [3.05, 3.63) is 24.5 Å². The third-order valence-electron chi connectivity index (χ3n) is 2.88. The fourth-order valence-electron chi connectivity index (χ4n) is 1.96. The van der Waals surface area contributed by atoms with E-state index in [2.05, 4.69) is 23.8 Å². The van der Waals surface area contributed by atoms with Crippen molar-refractivity contribution in [2.24, 2.45) is 5.73 Å². The molecular formula is C12H22N4. The summed E-state index contributed by atoms with van der Waals surface area (Å²) in [7, 11) is 0. The summed E-state index contributed by atoms with van der Waals surface area (Å²) in [6.07, 6.45) is 6.85. The van der Waals surface area contributed by atoms with Crippen molar-refractivity contribution in [1.29, 1.82) is 0 Å². The number of allylic oxidation sites excluding steroid dienone is 1. The normalized spacial score (nSPS) is 14.7. The first kappa shape index (κ1) is 12.9. The molecule has 1 heterocycles. The Balaban J connectivity index is 2.71.